The molecule has 0 bridgehead atoms. The number of esters is 1. The number of alkyl halides is 1. The van der Waals surface area contributed by atoms with E-state index in [0.29, 0.717) is 0 Å². The Hall–Kier alpha value is -0.690. The van der Waals surface area contributed by atoms with Gasteiger partial charge in [0.25, 0.3) is 10.1 Å². The highest BCUT2D eigenvalue weighted by molar-refractivity contribution is 7.85. The number of carbonyl (C=O) groups excluding carboxylic acids is 1. The fourth-order valence-electron chi connectivity index (χ4n) is 1.16. The largest absolute Gasteiger partial charge is 0.465 e. The third-order valence-corrected chi connectivity index (χ3v) is 2.70. The molecule has 2 atom stereocenters. The second kappa shape index (κ2) is 4.05. The molecule has 15 heavy (non-hydrogen) atoms. The Balaban J connectivity index is 2.30. The summed E-state index contributed by atoms with van der Waals surface area (Å²) in [6, 6.07) is 0. The van der Waals surface area contributed by atoms with Crippen LogP contribution in [0.4, 0.5) is 4.39 Å². The van der Waals surface area contributed by atoms with Gasteiger partial charge < -0.3 is 4.74 Å². The Kier molecular flexibility index (Phi) is 3.34. The van der Waals surface area contributed by atoms with Gasteiger partial charge >= 0.3 is 5.97 Å². The van der Waals surface area contributed by atoms with E-state index < -0.39 is 34.3 Å². The minimum atomic E-state index is -3.62. The fourth-order valence-corrected chi connectivity index (χ4v) is 1.57. The van der Waals surface area contributed by atoms with Crippen LogP contribution in [0.2, 0.25) is 0 Å². The molecule has 1 aliphatic carbocycles. The van der Waals surface area contributed by atoms with Crippen molar-refractivity contribution in [3.05, 3.63) is 0 Å². The van der Waals surface area contributed by atoms with Gasteiger partial charge in [0.1, 0.15) is 12.3 Å². The second-order valence-electron chi connectivity index (χ2n) is 3.70. The molecule has 1 aliphatic rings. The average Bonchev–Trinajstić information content (AvgIpc) is 2.70. The van der Waals surface area contributed by atoms with Gasteiger partial charge in [-0.3, -0.25) is 8.98 Å². The molecule has 0 N–H and O–H groups in total. The maximum absolute atomic E-state index is 13.6. The maximum atomic E-state index is 13.6. The zero-order chi connectivity index (χ0) is 11.7. The number of rotatable bonds is 5. The molecular formula is C8H13FO5S. The minimum absolute atomic E-state index is 0.0288. The van der Waals surface area contributed by atoms with Gasteiger partial charge in [0, 0.05) is 12.8 Å². The molecular weight excluding hydrogens is 227 g/mol. The summed E-state index contributed by atoms with van der Waals surface area (Å²) >= 11 is 0. The maximum Gasteiger partial charge on any atom is 0.302 e. The first-order valence-corrected chi connectivity index (χ1v) is 6.21. The molecule has 1 rings (SSSR count). The Bertz CT molecular complexity index is 352. The minimum Gasteiger partial charge on any atom is -0.465 e. The number of carbonyl (C=O) groups is 1. The molecule has 0 radical (unpaired) electrons. The molecule has 0 spiro atoms. The summed E-state index contributed by atoms with van der Waals surface area (Å²) < 4.78 is 43.7. The Morgan fingerprint density at radius 2 is 2.20 bits per heavy atom. The first-order valence-electron chi connectivity index (χ1n) is 4.40. The van der Waals surface area contributed by atoms with Gasteiger partial charge in [-0.05, 0) is 6.42 Å². The summed E-state index contributed by atoms with van der Waals surface area (Å²) in [6.07, 6.45) is 1.02. The van der Waals surface area contributed by atoms with Crippen LogP contribution in [0.5, 0.6) is 0 Å². The molecule has 0 heterocycles. The van der Waals surface area contributed by atoms with E-state index in [1.54, 1.807) is 0 Å². The summed E-state index contributed by atoms with van der Waals surface area (Å²) in [4.78, 5) is 10.4. The second-order valence-corrected chi connectivity index (χ2v) is 5.35. The lowest BCUT2D eigenvalue weighted by Crippen LogP contribution is -2.19. The summed E-state index contributed by atoms with van der Waals surface area (Å²) in [5.74, 6) is -0.934. The highest BCUT2D eigenvalue weighted by Crippen LogP contribution is 2.47. The van der Waals surface area contributed by atoms with E-state index in [0.717, 1.165) is 6.26 Å². The molecule has 0 saturated heterocycles. The van der Waals surface area contributed by atoms with E-state index in [4.69, 9.17) is 0 Å². The molecule has 0 aliphatic heterocycles. The third kappa shape index (κ3) is 4.13. The first kappa shape index (κ1) is 12.4. The molecule has 0 amide bonds. The smallest absolute Gasteiger partial charge is 0.302 e. The molecule has 7 heteroatoms. The summed E-state index contributed by atoms with van der Waals surface area (Å²) in [7, 11) is -3.62. The van der Waals surface area contributed by atoms with Crippen LogP contribution in [0.3, 0.4) is 0 Å². The molecule has 1 fully saturated rings. The zero-order valence-corrected chi connectivity index (χ0v) is 9.34. The molecule has 0 aromatic rings. The molecule has 0 aromatic carbocycles. The van der Waals surface area contributed by atoms with E-state index in [1.807, 2.05) is 0 Å². The highest BCUT2D eigenvalue weighted by atomic mass is 32.2. The molecule has 0 aromatic heterocycles. The third-order valence-electron chi connectivity index (χ3n) is 2.16. The van der Waals surface area contributed by atoms with Crippen molar-refractivity contribution in [3.63, 3.8) is 0 Å². The SMILES string of the molecule is CC(=O)OC[C@H]1C[C@]1(F)COS(C)(=O)=O. The van der Waals surface area contributed by atoms with Crippen molar-refractivity contribution in [1.29, 1.82) is 0 Å². The fraction of sp³-hybridized carbons (Fsp3) is 0.875. The van der Waals surface area contributed by atoms with E-state index in [1.165, 1.54) is 6.92 Å². The summed E-state index contributed by atoms with van der Waals surface area (Å²) in [5.41, 5.74) is -1.67. The lowest BCUT2D eigenvalue weighted by atomic mass is 10.3. The van der Waals surface area contributed by atoms with Crippen molar-refractivity contribution in [2.75, 3.05) is 19.5 Å². The molecule has 88 valence electrons. The van der Waals surface area contributed by atoms with Crippen LogP contribution in [0, 0.1) is 5.92 Å². The lowest BCUT2D eigenvalue weighted by Gasteiger charge is -2.07. The van der Waals surface area contributed by atoms with Gasteiger partial charge in [-0.2, -0.15) is 8.42 Å². The van der Waals surface area contributed by atoms with Gasteiger partial charge in [0.2, 0.25) is 0 Å². The average molecular weight is 240 g/mol. The number of hydrogen-bond donors (Lipinski definition) is 0. The van der Waals surface area contributed by atoms with Crippen molar-refractivity contribution in [1.82, 2.24) is 0 Å². The summed E-state index contributed by atoms with van der Waals surface area (Å²) in [5, 5.41) is 0. The predicted octanol–water partition coefficient (Wildman–Crippen LogP) is 0.254. The Morgan fingerprint density at radius 3 is 2.67 bits per heavy atom. The lowest BCUT2D eigenvalue weighted by molar-refractivity contribution is -0.141. The van der Waals surface area contributed by atoms with Crippen LogP contribution < -0.4 is 0 Å². The molecule has 0 unspecified atom stereocenters. The van der Waals surface area contributed by atoms with Gasteiger partial charge in [-0.15, -0.1) is 0 Å². The van der Waals surface area contributed by atoms with Crippen LogP contribution in [0.1, 0.15) is 13.3 Å². The van der Waals surface area contributed by atoms with Crippen molar-refractivity contribution in [3.8, 4) is 0 Å². The standard InChI is InChI=1S/C8H13FO5S/c1-6(10)13-4-7-3-8(7,9)5-14-15(2,11)12/h7H,3-5H2,1-2H3/t7-,8+/m1/s1. The number of ether oxygens (including phenoxy) is 1. The van der Waals surface area contributed by atoms with Crippen molar-refractivity contribution in [2.24, 2.45) is 5.92 Å². The number of hydrogen-bond acceptors (Lipinski definition) is 5. The molecule has 1 saturated carbocycles. The van der Waals surface area contributed by atoms with E-state index in [2.05, 4.69) is 8.92 Å². The van der Waals surface area contributed by atoms with Crippen molar-refractivity contribution in [2.45, 2.75) is 19.0 Å². The van der Waals surface area contributed by atoms with Crippen LogP contribution in [0.15, 0.2) is 0 Å². The Labute approximate surface area is 87.7 Å². The van der Waals surface area contributed by atoms with Crippen LogP contribution in [0.25, 0.3) is 0 Å². The van der Waals surface area contributed by atoms with E-state index in [9.17, 15) is 17.6 Å². The normalized spacial score (nSPS) is 29.9. The van der Waals surface area contributed by atoms with Crippen LogP contribution in [-0.4, -0.2) is 39.5 Å². The first-order chi connectivity index (χ1) is 6.73. The predicted molar refractivity (Wildman–Crippen MR) is 49.4 cm³/mol. The van der Waals surface area contributed by atoms with Gasteiger partial charge in [-0.1, -0.05) is 0 Å². The molecule has 5 nitrogen and oxygen atoms in total. The number of halogens is 1. The topological polar surface area (TPSA) is 69.7 Å². The Morgan fingerprint density at radius 1 is 1.60 bits per heavy atom. The monoisotopic (exact) mass is 240 g/mol. The van der Waals surface area contributed by atoms with Crippen LogP contribution in [-0.2, 0) is 23.8 Å². The summed E-state index contributed by atoms with van der Waals surface area (Å²) in [6.45, 7) is 0.700. The van der Waals surface area contributed by atoms with Gasteiger partial charge in [0.05, 0.1) is 12.9 Å². The van der Waals surface area contributed by atoms with Gasteiger partial charge in [0.15, 0.2) is 0 Å². The van der Waals surface area contributed by atoms with Crippen molar-refractivity contribution < 1.29 is 26.5 Å². The van der Waals surface area contributed by atoms with E-state index >= 15 is 0 Å². The van der Waals surface area contributed by atoms with Crippen LogP contribution >= 0.6 is 0 Å². The van der Waals surface area contributed by atoms with Gasteiger partial charge in [-0.25, -0.2) is 4.39 Å². The highest BCUT2D eigenvalue weighted by Gasteiger charge is 2.56. The quantitative estimate of drug-likeness (QED) is 0.509. The zero-order valence-electron chi connectivity index (χ0n) is 8.53. The van der Waals surface area contributed by atoms with E-state index in [-0.39, 0.29) is 13.0 Å². The van der Waals surface area contributed by atoms with Crippen molar-refractivity contribution >= 4 is 16.1 Å².